The summed E-state index contributed by atoms with van der Waals surface area (Å²) >= 11 is 6.14. The lowest BCUT2D eigenvalue weighted by Crippen LogP contribution is -2.28. The molecule has 1 saturated carbocycles. The first kappa shape index (κ1) is 11.5. The second kappa shape index (κ2) is 4.87. The summed E-state index contributed by atoms with van der Waals surface area (Å²) in [5.41, 5.74) is 5.69. The molecule has 0 aromatic carbocycles. The number of hydrogen-bond donors (Lipinski definition) is 1. The monoisotopic (exact) mass is 240 g/mol. The zero-order chi connectivity index (χ0) is 11.5. The van der Waals surface area contributed by atoms with E-state index in [9.17, 15) is 0 Å². The maximum atomic E-state index is 6.14. The molecule has 1 aliphatic carbocycles. The molecular weight excluding hydrogens is 224 g/mol. The quantitative estimate of drug-likeness (QED) is 0.858. The van der Waals surface area contributed by atoms with Crippen molar-refractivity contribution in [2.45, 2.75) is 26.2 Å². The van der Waals surface area contributed by atoms with Gasteiger partial charge in [-0.05, 0) is 25.2 Å². The van der Waals surface area contributed by atoms with E-state index in [1.54, 1.807) is 0 Å². The molecule has 5 heteroatoms. The number of hydrogen-bond acceptors (Lipinski definition) is 4. The number of nitrogen functional groups attached to an aromatic ring is 1. The molecule has 88 valence electrons. The first-order valence-corrected chi connectivity index (χ1v) is 6.11. The van der Waals surface area contributed by atoms with E-state index in [0.29, 0.717) is 10.8 Å². The van der Waals surface area contributed by atoms with Crippen molar-refractivity contribution in [3.8, 4) is 0 Å². The molecule has 0 unspecified atom stereocenters. The van der Waals surface area contributed by atoms with Crippen LogP contribution in [0.1, 0.15) is 26.2 Å². The molecule has 0 aliphatic heterocycles. The Balaban J connectivity index is 2.18. The number of anilines is 2. The zero-order valence-electron chi connectivity index (χ0n) is 9.49. The fourth-order valence-electron chi connectivity index (χ4n) is 1.76. The van der Waals surface area contributed by atoms with E-state index >= 15 is 0 Å². The predicted octanol–water partition coefficient (Wildman–Crippen LogP) is 2.34. The van der Waals surface area contributed by atoms with Gasteiger partial charge in [-0.3, -0.25) is 0 Å². The van der Waals surface area contributed by atoms with Crippen LogP contribution in [0, 0.1) is 5.92 Å². The SMILES string of the molecule is CCCN(CC1CC1)c1ncnc(N)c1Cl. The molecule has 0 spiro atoms. The van der Waals surface area contributed by atoms with Gasteiger partial charge in [0.05, 0.1) is 0 Å². The second-order valence-electron chi connectivity index (χ2n) is 4.29. The Bertz CT molecular complexity index is 365. The van der Waals surface area contributed by atoms with Crippen molar-refractivity contribution >= 4 is 23.2 Å². The van der Waals surface area contributed by atoms with E-state index in [4.69, 9.17) is 17.3 Å². The second-order valence-corrected chi connectivity index (χ2v) is 4.66. The summed E-state index contributed by atoms with van der Waals surface area (Å²) < 4.78 is 0. The molecule has 1 aliphatic rings. The molecule has 0 amide bonds. The summed E-state index contributed by atoms with van der Waals surface area (Å²) in [5.74, 6) is 1.95. The van der Waals surface area contributed by atoms with E-state index in [0.717, 1.165) is 31.2 Å². The highest BCUT2D eigenvalue weighted by Crippen LogP contribution is 2.33. The van der Waals surface area contributed by atoms with Gasteiger partial charge < -0.3 is 10.6 Å². The summed E-state index contributed by atoms with van der Waals surface area (Å²) in [4.78, 5) is 10.3. The van der Waals surface area contributed by atoms with Crippen molar-refractivity contribution in [2.75, 3.05) is 23.7 Å². The molecule has 0 bridgehead atoms. The van der Waals surface area contributed by atoms with Gasteiger partial charge in [0, 0.05) is 13.1 Å². The average molecular weight is 241 g/mol. The van der Waals surface area contributed by atoms with Gasteiger partial charge >= 0.3 is 0 Å². The average Bonchev–Trinajstić information content (AvgIpc) is 3.06. The van der Waals surface area contributed by atoms with Crippen LogP contribution in [-0.2, 0) is 0 Å². The smallest absolute Gasteiger partial charge is 0.153 e. The van der Waals surface area contributed by atoms with Gasteiger partial charge in [0.1, 0.15) is 17.2 Å². The lowest BCUT2D eigenvalue weighted by Gasteiger charge is -2.24. The minimum Gasteiger partial charge on any atom is -0.382 e. The Kier molecular flexibility index (Phi) is 3.49. The van der Waals surface area contributed by atoms with Crippen LogP contribution in [0.4, 0.5) is 11.6 Å². The number of aromatic nitrogens is 2. The van der Waals surface area contributed by atoms with E-state index in [1.165, 1.54) is 19.2 Å². The number of halogens is 1. The third-order valence-corrected chi connectivity index (χ3v) is 3.13. The highest BCUT2D eigenvalue weighted by atomic mass is 35.5. The minimum atomic E-state index is 0.364. The van der Waals surface area contributed by atoms with Crippen LogP contribution in [0.5, 0.6) is 0 Å². The lowest BCUT2D eigenvalue weighted by molar-refractivity contribution is 0.698. The van der Waals surface area contributed by atoms with Crippen molar-refractivity contribution in [3.63, 3.8) is 0 Å². The molecule has 4 nitrogen and oxygen atoms in total. The summed E-state index contributed by atoms with van der Waals surface area (Å²) in [6.45, 7) is 4.15. The number of nitrogens with two attached hydrogens (primary N) is 1. The van der Waals surface area contributed by atoms with Crippen molar-refractivity contribution in [1.82, 2.24) is 9.97 Å². The summed E-state index contributed by atoms with van der Waals surface area (Å²) in [7, 11) is 0. The van der Waals surface area contributed by atoms with Crippen molar-refractivity contribution in [3.05, 3.63) is 11.3 Å². The third kappa shape index (κ3) is 2.55. The minimum absolute atomic E-state index is 0.364. The van der Waals surface area contributed by atoms with Crippen molar-refractivity contribution in [1.29, 1.82) is 0 Å². The Morgan fingerprint density at radius 3 is 2.88 bits per heavy atom. The molecule has 2 N–H and O–H groups in total. The first-order chi connectivity index (χ1) is 7.72. The molecule has 16 heavy (non-hydrogen) atoms. The maximum absolute atomic E-state index is 6.14. The van der Waals surface area contributed by atoms with Crippen molar-refractivity contribution < 1.29 is 0 Å². The fraction of sp³-hybridized carbons (Fsp3) is 0.636. The highest BCUT2D eigenvalue weighted by molar-refractivity contribution is 6.35. The Morgan fingerprint density at radius 2 is 2.25 bits per heavy atom. The molecule has 1 aromatic rings. The molecular formula is C11H17ClN4. The lowest BCUT2D eigenvalue weighted by atomic mass is 10.3. The first-order valence-electron chi connectivity index (χ1n) is 5.73. The van der Waals surface area contributed by atoms with Crippen LogP contribution < -0.4 is 10.6 Å². The van der Waals surface area contributed by atoms with E-state index < -0.39 is 0 Å². The summed E-state index contributed by atoms with van der Waals surface area (Å²) in [6.07, 6.45) is 5.19. The molecule has 1 aromatic heterocycles. The molecule has 1 fully saturated rings. The third-order valence-electron chi connectivity index (χ3n) is 2.77. The Labute approximate surface area is 101 Å². The van der Waals surface area contributed by atoms with Gasteiger partial charge in [-0.15, -0.1) is 0 Å². The Morgan fingerprint density at radius 1 is 1.50 bits per heavy atom. The van der Waals surface area contributed by atoms with Crippen LogP contribution in [0.25, 0.3) is 0 Å². The van der Waals surface area contributed by atoms with Gasteiger partial charge in [0.15, 0.2) is 5.82 Å². The summed E-state index contributed by atoms with van der Waals surface area (Å²) in [6, 6.07) is 0. The van der Waals surface area contributed by atoms with E-state index in [1.807, 2.05) is 0 Å². The van der Waals surface area contributed by atoms with Crippen LogP contribution in [0.15, 0.2) is 6.33 Å². The van der Waals surface area contributed by atoms with Gasteiger partial charge in [0.25, 0.3) is 0 Å². The van der Waals surface area contributed by atoms with Crippen molar-refractivity contribution in [2.24, 2.45) is 5.92 Å². The maximum Gasteiger partial charge on any atom is 0.153 e. The highest BCUT2D eigenvalue weighted by Gasteiger charge is 2.26. The molecule has 1 heterocycles. The largest absolute Gasteiger partial charge is 0.382 e. The molecule has 0 radical (unpaired) electrons. The van der Waals surface area contributed by atoms with Crippen LogP contribution in [-0.4, -0.2) is 23.1 Å². The summed E-state index contributed by atoms with van der Waals surface area (Å²) in [5, 5.41) is 0.483. The van der Waals surface area contributed by atoms with Gasteiger partial charge in [-0.2, -0.15) is 0 Å². The zero-order valence-corrected chi connectivity index (χ0v) is 10.2. The van der Waals surface area contributed by atoms with Gasteiger partial charge in [0.2, 0.25) is 0 Å². The topological polar surface area (TPSA) is 55.0 Å². The molecule has 2 rings (SSSR count). The van der Waals surface area contributed by atoms with Crippen LogP contribution >= 0.6 is 11.6 Å². The number of rotatable bonds is 5. The standard InChI is InChI=1S/C11H17ClN4/c1-2-5-16(6-8-3-4-8)11-9(12)10(13)14-7-15-11/h7-8H,2-6H2,1H3,(H2,13,14,15). The van der Waals surface area contributed by atoms with E-state index in [2.05, 4.69) is 21.8 Å². The number of nitrogens with zero attached hydrogens (tertiary/aromatic N) is 3. The van der Waals surface area contributed by atoms with Crippen LogP contribution in [0.3, 0.4) is 0 Å². The normalized spacial score (nSPS) is 15.1. The van der Waals surface area contributed by atoms with Gasteiger partial charge in [-0.25, -0.2) is 9.97 Å². The molecule has 0 saturated heterocycles. The van der Waals surface area contributed by atoms with Crippen LogP contribution in [0.2, 0.25) is 5.02 Å². The van der Waals surface area contributed by atoms with E-state index in [-0.39, 0.29) is 0 Å². The molecule has 0 atom stereocenters. The van der Waals surface area contributed by atoms with Gasteiger partial charge in [-0.1, -0.05) is 18.5 Å². The predicted molar refractivity (Wildman–Crippen MR) is 66.7 cm³/mol. The fourth-order valence-corrected chi connectivity index (χ4v) is 1.98. The Hall–Kier alpha value is -1.03.